The Morgan fingerprint density at radius 1 is 1.31 bits per heavy atom. The molecule has 0 aromatic heterocycles. The predicted octanol–water partition coefficient (Wildman–Crippen LogP) is 1.45. The fraction of sp³-hybridized carbons (Fsp3) is 0.200. The molecule has 3 nitrogen and oxygen atoms in total. The second-order valence-electron chi connectivity index (χ2n) is 2.92. The van der Waals surface area contributed by atoms with E-state index in [4.69, 9.17) is 0 Å². The van der Waals surface area contributed by atoms with Gasteiger partial charge in [0.2, 0.25) is 5.91 Å². The first-order valence-electron chi connectivity index (χ1n) is 4.25. The number of aliphatic imine (C=N–C) groups is 1. The first-order chi connectivity index (χ1) is 6.36. The number of nitrogens with one attached hydrogen (secondary N) is 1. The summed E-state index contributed by atoms with van der Waals surface area (Å²) in [6.45, 7) is 0.570. The number of carbonyl (C=O) groups excluding carboxylic acids is 1. The lowest BCUT2D eigenvalue weighted by Gasteiger charge is -2.09. The second kappa shape index (κ2) is 3.39. The van der Waals surface area contributed by atoms with E-state index >= 15 is 0 Å². The fourth-order valence-corrected chi connectivity index (χ4v) is 1.27. The molecule has 1 heterocycles. The summed E-state index contributed by atoms with van der Waals surface area (Å²) in [5.41, 5.74) is 1.81. The van der Waals surface area contributed by atoms with Crippen molar-refractivity contribution >= 4 is 17.8 Å². The average molecular weight is 174 g/mol. The van der Waals surface area contributed by atoms with Gasteiger partial charge in [0.05, 0.1) is 0 Å². The van der Waals surface area contributed by atoms with E-state index in [0.29, 0.717) is 13.0 Å². The number of carbonyl (C=O) groups is 1. The maximum atomic E-state index is 11.2. The van der Waals surface area contributed by atoms with Crippen LogP contribution in [0.15, 0.2) is 29.3 Å². The van der Waals surface area contributed by atoms with Crippen molar-refractivity contribution in [3.05, 3.63) is 29.8 Å². The number of para-hydroxylation sites is 1. The first-order valence-corrected chi connectivity index (χ1v) is 4.25. The number of fused-ring (bicyclic) bond motifs is 1. The number of hydrogen-bond acceptors (Lipinski definition) is 2. The van der Waals surface area contributed by atoms with Crippen molar-refractivity contribution in [1.82, 2.24) is 0 Å². The van der Waals surface area contributed by atoms with Gasteiger partial charge in [0, 0.05) is 30.4 Å². The number of rotatable bonds is 0. The Morgan fingerprint density at radius 3 is 3.08 bits per heavy atom. The summed E-state index contributed by atoms with van der Waals surface area (Å²) in [6.07, 6.45) is 2.26. The second-order valence-corrected chi connectivity index (χ2v) is 2.92. The molecule has 0 saturated heterocycles. The van der Waals surface area contributed by atoms with Gasteiger partial charge in [-0.15, -0.1) is 0 Å². The van der Waals surface area contributed by atoms with Crippen molar-refractivity contribution in [2.45, 2.75) is 6.42 Å². The molecule has 2 rings (SSSR count). The molecule has 0 unspecified atom stereocenters. The molecule has 1 N–H and O–H groups in total. The third kappa shape index (κ3) is 1.75. The smallest absolute Gasteiger partial charge is 0.226 e. The van der Waals surface area contributed by atoms with Gasteiger partial charge in [-0.25, -0.2) is 0 Å². The van der Waals surface area contributed by atoms with Crippen LogP contribution >= 0.6 is 0 Å². The molecule has 66 valence electrons. The van der Waals surface area contributed by atoms with Crippen LogP contribution in [0.4, 0.5) is 5.69 Å². The molecule has 1 aliphatic rings. The van der Waals surface area contributed by atoms with Gasteiger partial charge >= 0.3 is 0 Å². The summed E-state index contributed by atoms with van der Waals surface area (Å²) in [5, 5.41) is 2.83. The van der Waals surface area contributed by atoms with Gasteiger partial charge in [-0.05, 0) is 6.07 Å². The third-order valence-corrected chi connectivity index (χ3v) is 1.93. The molecule has 3 heteroatoms. The minimum Gasteiger partial charge on any atom is -0.325 e. The predicted molar refractivity (Wildman–Crippen MR) is 52.1 cm³/mol. The van der Waals surface area contributed by atoms with Crippen molar-refractivity contribution < 1.29 is 4.79 Å². The summed E-state index contributed by atoms with van der Waals surface area (Å²) in [5.74, 6) is 0.0318. The maximum absolute atomic E-state index is 11.2. The number of nitrogens with zero attached hydrogens (tertiary/aromatic N) is 1. The molecule has 1 aromatic rings. The van der Waals surface area contributed by atoms with Crippen LogP contribution in [0.2, 0.25) is 0 Å². The van der Waals surface area contributed by atoms with Crippen LogP contribution in [0.1, 0.15) is 12.0 Å². The molecule has 1 amide bonds. The summed E-state index contributed by atoms with van der Waals surface area (Å²) in [4.78, 5) is 15.4. The Morgan fingerprint density at radius 2 is 2.15 bits per heavy atom. The van der Waals surface area contributed by atoms with Crippen molar-refractivity contribution in [2.75, 3.05) is 11.9 Å². The zero-order valence-electron chi connectivity index (χ0n) is 7.16. The van der Waals surface area contributed by atoms with Crippen LogP contribution in [0.25, 0.3) is 0 Å². The standard InChI is InChI=1S/C10H10N2O/c13-10-5-6-11-7-8-3-1-2-4-9(8)12-10/h1-4,7H,5-6H2,(H,12,13). The van der Waals surface area contributed by atoms with Gasteiger partial charge in [0.25, 0.3) is 0 Å². The minimum absolute atomic E-state index is 0.0318. The van der Waals surface area contributed by atoms with Gasteiger partial charge in [-0.2, -0.15) is 0 Å². The topological polar surface area (TPSA) is 41.5 Å². The Balaban J connectivity index is 2.41. The number of amides is 1. The number of anilines is 1. The van der Waals surface area contributed by atoms with E-state index in [0.717, 1.165) is 11.3 Å². The SMILES string of the molecule is O=C1CCN=Cc2ccccc2N1. The summed E-state index contributed by atoms with van der Waals surface area (Å²) >= 11 is 0. The Labute approximate surface area is 76.5 Å². The highest BCUT2D eigenvalue weighted by Gasteiger charge is 2.06. The Kier molecular flexibility index (Phi) is 2.08. The molecule has 0 bridgehead atoms. The van der Waals surface area contributed by atoms with E-state index in [9.17, 15) is 4.79 Å². The lowest BCUT2D eigenvalue weighted by Crippen LogP contribution is -2.15. The fourth-order valence-electron chi connectivity index (χ4n) is 1.27. The highest BCUT2D eigenvalue weighted by molar-refractivity contribution is 5.98. The van der Waals surface area contributed by atoms with Crippen molar-refractivity contribution in [1.29, 1.82) is 0 Å². The molecule has 1 aliphatic heterocycles. The quantitative estimate of drug-likeness (QED) is 0.635. The van der Waals surface area contributed by atoms with Crippen LogP contribution < -0.4 is 5.32 Å². The molecule has 13 heavy (non-hydrogen) atoms. The van der Waals surface area contributed by atoms with E-state index in [1.54, 1.807) is 6.21 Å². The van der Waals surface area contributed by atoms with Gasteiger partial charge in [0.15, 0.2) is 0 Å². The molecule has 0 aliphatic carbocycles. The van der Waals surface area contributed by atoms with Crippen LogP contribution in [0.3, 0.4) is 0 Å². The van der Waals surface area contributed by atoms with E-state index < -0.39 is 0 Å². The highest BCUT2D eigenvalue weighted by Crippen LogP contribution is 2.14. The average Bonchev–Trinajstić information content (AvgIpc) is 2.11. The zero-order valence-corrected chi connectivity index (χ0v) is 7.16. The van der Waals surface area contributed by atoms with Gasteiger partial charge < -0.3 is 5.32 Å². The van der Waals surface area contributed by atoms with E-state index in [1.165, 1.54) is 0 Å². The summed E-state index contributed by atoms with van der Waals surface area (Å²) in [7, 11) is 0. The van der Waals surface area contributed by atoms with Gasteiger partial charge in [0.1, 0.15) is 0 Å². The zero-order chi connectivity index (χ0) is 9.10. The molecule has 1 aromatic carbocycles. The molecule has 0 fully saturated rings. The summed E-state index contributed by atoms with van der Waals surface area (Å²) < 4.78 is 0. The van der Waals surface area contributed by atoms with E-state index in [1.807, 2.05) is 24.3 Å². The molecule has 0 spiro atoms. The van der Waals surface area contributed by atoms with Crippen LogP contribution in [-0.4, -0.2) is 18.7 Å². The summed E-state index contributed by atoms with van der Waals surface area (Å²) in [6, 6.07) is 7.64. The monoisotopic (exact) mass is 174 g/mol. The lowest BCUT2D eigenvalue weighted by atomic mass is 10.2. The van der Waals surface area contributed by atoms with E-state index in [-0.39, 0.29) is 5.91 Å². The maximum Gasteiger partial charge on any atom is 0.226 e. The minimum atomic E-state index is 0.0318. The molecule has 0 saturated carbocycles. The third-order valence-electron chi connectivity index (χ3n) is 1.93. The Bertz CT molecular complexity index is 358. The molecule has 0 atom stereocenters. The van der Waals surface area contributed by atoms with Crippen molar-refractivity contribution in [3.8, 4) is 0 Å². The van der Waals surface area contributed by atoms with Crippen molar-refractivity contribution in [3.63, 3.8) is 0 Å². The first kappa shape index (κ1) is 7.98. The van der Waals surface area contributed by atoms with Gasteiger partial charge in [-0.1, -0.05) is 18.2 Å². The van der Waals surface area contributed by atoms with Crippen molar-refractivity contribution in [2.24, 2.45) is 4.99 Å². The number of hydrogen-bond donors (Lipinski definition) is 1. The van der Waals surface area contributed by atoms with E-state index in [2.05, 4.69) is 10.3 Å². The molecular formula is C10H10N2O. The molecule has 0 radical (unpaired) electrons. The Hall–Kier alpha value is -1.64. The van der Waals surface area contributed by atoms with Gasteiger partial charge in [-0.3, -0.25) is 9.79 Å². The number of benzene rings is 1. The van der Waals surface area contributed by atoms with Crippen LogP contribution in [-0.2, 0) is 4.79 Å². The molecular weight excluding hydrogens is 164 g/mol. The normalized spacial score (nSPS) is 15.5. The highest BCUT2D eigenvalue weighted by atomic mass is 16.1. The van der Waals surface area contributed by atoms with Crippen LogP contribution in [0.5, 0.6) is 0 Å². The largest absolute Gasteiger partial charge is 0.325 e. The lowest BCUT2D eigenvalue weighted by molar-refractivity contribution is -0.116. The van der Waals surface area contributed by atoms with Crippen LogP contribution in [0, 0.1) is 0 Å².